The smallest absolute Gasteiger partial charge is 0.213 e. The average Bonchev–Trinajstić information content (AvgIpc) is 2.28. The monoisotopic (exact) mass is 234 g/mol. The van der Waals surface area contributed by atoms with Crippen LogP contribution in [0.1, 0.15) is 32.0 Å². The minimum atomic E-state index is 0.486. The Balaban J connectivity index is 2.59. The van der Waals surface area contributed by atoms with Crippen molar-refractivity contribution in [2.75, 3.05) is 6.61 Å². The van der Waals surface area contributed by atoms with Gasteiger partial charge >= 0.3 is 0 Å². The molecule has 0 spiro atoms. The molecule has 0 aromatic carbocycles. The normalized spacial score (nSPS) is 11.4. The van der Waals surface area contributed by atoms with E-state index in [9.17, 15) is 0 Å². The summed E-state index contributed by atoms with van der Waals surface area (Å²) in [6.45, 7) is 9.69. The summed E-state index contributed by atoms with van der Waals surface area (Å²) in [5.74, 6) is 0.689. The molecule has 1 rings (SSSR count). The zero-order valence-electron chi connectivity index (χ0n) is 11.2. The van der Waals surface area contributed by atoms with Gasteiger partial charge in [-0.1, -0.05) is 32.1 Å². The number of aryl methyl sites for hydroxylation is 1. The van der Waals surface area contributed by atoms with Crippen molar-refractivity contribution in [3.8, 4) is 5.88 Å². The van der Waals surface area contributed by atoms with Crippen LogP contribution in [0.5, 0.6) is 5.88 Å². The molecular formula is C14H22N2O. The second-order valence-electron chi connectivity index (χ2n) is 4.31. The average molecular weight is 234 g/mol. The standard InChI is InChI=1S/C14H22N2O/c1-5-6-9-17-14-8-7-13(12(4)16-14)10-15-11(2)3/h5-8,11,15H,9-10H2,1-4H3/b6-5+. The highest BCUT2D eigenvalue weighted by Crippen LogP contribution is 2.12. The summed E-state index contributed by atoms with van der Waals surface area (Å²) in [4.78, 5) is 4.43. The number of allylic oxidation sites excluding steroid dienone is 1. The molecule has 1 heterocycles. The summed E-state index contributed by atoms with van der Waals surface area (Å²) in [5.41, 5.74) is 2.24. The van der Waals surface area contributed by atoms with E-state index in [4.69, 9.17) is 4.74 Å². The van der Waals surface area contributed by atoms with Crippen molar-refractivity contribution in [3.05, 3.63) is 35.5 Å². The number of pyridine rings is 1. The number of nitrogens with zero attached hydrogens (tertiary/aromatic N) is 1. The van der Waals surface area contributed by atoms with E-state index in [0.29, 0.717) is 18.5 Å². The topological polar surface area (TPSA) is 34.1 Å². The van der Waals surface area contributed by atoms with Crippen LogP contribution in [-0.2, 0) is 6.54 Å². The number of hydrogen-bond acceptors (Lipinski definition) is 3. The van der Waals surface area contributed by atoms with Gasteiger partial charge in [0.1, 0.15) is 6.61 Å². The van der Waals surface area contributed by atoms with E-state index in [1.165, 1.54) is 5.56 Å². The maximum Gasteiger partial charge on any atom is 0.213 e. The molecule has 0 unspecified atom stereocenters. The van der Waals surface area contributed by atoms with Gasteiger partial charge in [0.05, 0.1) is 0 Å². The van der Waals surface area contributed by atoms with Crippen molar-refractivity contribution >= 4 is 0 Å². The lowest BCUT2D eigenvalue weighted by Crippen LogP contribution is -2.22. The molecule has 3 nitrogen and oxygen atoms in total. The zero-order valence-corrected chi connectivity index (χ0v) is 11.2. The van der Waals surface area contributed by atoms with E-state index >= 15 is 0 Å². The van der Waals surface area contributed by atoms with Gasteiger partial charge in [-0.05, 0) is 19.4 Å². The van der Waals surface area contributed by atoms with Crippen LogP contribution in [0.3, 0.4) is 0 Å². The van der Waals surface area contributed by atoms with Gasteiger partial charge < -0.3 is 10.1 Å². The number of nitrogens with one attached hydrogen (secondary N) is 1. The fourth-order valence-corrected chi connectivity index (χ4v) is 1.38. The van der Waals surface area contributed by atoms with Gasteiger partial charge in [0.2, 0.25) is 5.88 Å². The van der Waals surface area contributed by atoms with E-state index in [0.717, 1.165) is 12.2 Å². The quantitative estimate of drug-likeness (QED) is 0.769. The van der Waals surface area contributed by atoms with E-state index in [1.807, 2.05) is 32.1 Å². The minimum Gasteiger partial charge on any atom is -0.473 e. The highest BCUT2D eigenvalue weighted by molar-refractivity contribution is 5.25. The highest BCUT2D eigenvalue weighted by atomic mass is 16.5. The Kier molecular flexibility index (Phi) is 5.70. The molecule has 0 amide bonds. The molecule has 0 atom stereocenters. The number of aromatic nitrogens is 1. The summed E-state index contributed by atoms with van der Waals surface area (Å²) >= 11 is 0. The van der Waals surface area contributed by atoms with Crippen molar-refractivity contribution in [1.29, 1.82) is 0 Å². The first kappa shape index (κ1) is 13.7. The summed E-state index contributed by atoms with van der Waals surface area (Å²) in [6.07, 6.45) is 3.93. The second-order valence-corrected chi connectivity index (χ2v) is 4.31. The maximum atomic E-state index is 5.49. The highest BCUT2D eigenvalue weighted by Gasteiger charge is 2.03. The molecular weight excluding hydrogens is 212 g/mol. The molecule has 94 valence electrons. The lowest BCUT2D eigenvalue weighted by Gasteiger charge is -2.11. The Morgan fingerprint density at radius 3 is 2.76 bits per heavy atom. The van der Waals surface area contributed by atoms with Gasteiger partial charge in [-0.3, -0.25) is 0 Å². The molecule has 0 aliphatic heterocycles. The van der Waals surface area contributed by atoms with Gasteiger partial charge in [0.25, 0.3) is 0 Å². The lowest BCUT2D eigenvalue weighted by atomic mass is 10.2. The number of ether oxygens (including phenoxy) is 1. The molecule has 1 aromatic heterocycles. The van der Waals surface area contributed by atoms with E-state index in [2.05, 4.69) is 30.2 Å². The Labute approximate surface area is 104 Å². The fraction of sp³-hybridized carbons (Fsp3) is 0.500. The Morgan fingerprint density at radius 1 is 1.41 bits per heavy atom. The first-order valence-electron chi connectivity index (χ1n) is 6.07. The number of rotatable bonds is 6. The first-order valence-corrected chi connectivity index (χ1v) is 6.07. The molecule has 0 fully saturated rings. The molecule has 1 N–H and O–H groups in total. The summed E-state index contributed by atoms with van der Waals surface area (Å²) in [5, 5.41) is 3.38. The summed E-state index contributed by atoms with van der Waals surface area (Å²) in [6, 6.07) is 4.48. The van der Waals surface area contributed by atoms with Gasteiger partial charge in [-0.2, -0.15) is 0 Å². The van der Waals surface area contributed by atoms with Crippen LogP contribution in [0, 0.1) is 6.92 Å². The van der Waals surface area contributed by atoms with Gasteiger partial charge in [0.15, 0.2) is 0 Å². The fourth-order valence-electron chi connectivity index (χ4n) is 1.38. The lowest BCUT2D eigenvalue weighted by molar-refractivity contribution is 0.347. The van der Waals surface area contributed by atoms with Gasteiger partial charge in [0, 0.05) is 24.3 Å². The maximum absolute atomic E-state index is 5.49. The Morgan fingerprint density at radius 2 is 2.18 bits per heavy atom. The van der Waals surface area contributed by atoms with Crippen LogP contribution >= 0.6 is 0 Å². The van der Waals surface area contributed by atoms with Crippen LogP contribution in [0.25, 0.3) is 0 Å². The van der Waals surface area contributed by atoms with E-state index in [-0.39, 0.29) is 0 Å². The predicted molar refractivity (Wildman–Crippen MR) is 71.3 cm³/mol. The molecule has 0 bridgehead atoms. The third kappa shape index (κ3) is 5.00. The van der Waals surface area contributed by atoms with Crippen LogP contribution < -0.4 is 10.1 Å². The molecule has 3 heteroatoms. The van der Waals surface area contributed by atoms with Crippen LogP contribution in [0.15, 0.2) is 24.3 Å². The van der Waals surface area contributed by atoms with Crippen LogP contribution in [-0.4, -0.2) is 17.6 Å². The molecule has 0 aliphatic rings. The van der Waals surface area contributed by atoms with Crippen LogP contribution in [0.4, 0.5) is 0 Å². The van der Waals surface area contributed by atoms with Gasteiger partial charge in [-0.15, -0.1) is 0 Å². The predicted octanol–water partition coefficient (Wildman–Crippen LogP) is 2.84. The van der Waals surface area contributed by atoms with Crippen molar-refractivity contribution in [2.24, 2.45) is 0 Å². The molecule has 0 saturated carbocycles. The first-order chi connectivity index (χ1) is 8.13. The summed E-state index contributed by atoms with van der Waals surface area (Å²) < 4.78 is 5.49. The van der Waals surface area contributed by atoms with Crippen molar-refractivity contribution < 1.29 is 4.74 Å². The molecule has 0 aliphatic carbocycles. The Bertz CT molecular complexity index is 372. The SMILES string of the molecule is C/C=C/COc1ccc(CNC(C)C)c(C)n1. The third-order valence-corrected chi connectivity index (χ3v) is 2.43. The van der Waals surface area contributed by atoms with E-state index < -0.39 is 0 Å². The molecule has 1 aromatic rings. The van der Waals surface area contributed by atoms with Crippen molar-refractivity contribution in [1.82, 2.24) is 10.3 Å². The third-order valence-electron chi connectivity index (χ3n) is 2.43. The van der Waals surface area contributed by atoms with Gasteiger partial charge in [-0.25, -0.2) is 4.98 Å². The second kappa shape index (κ2) is 7.07. The van der Waals surface area contributed by atoms with Crippen molar-refractivity contribution in [2.45, 2.75) is 40.3 Å². The zero-order chi connectivity index (χ0) is 12.7. The Hall–Kier alpha value is -1.35. The molecule has 0 saturated heterocycles. The van der Waals surface area contributed by atoms with E-state index in [1.54, 1.807) is 0 Å². The number of hydrogen-bond donors (Lipinski definition) is 1. The minimum absolute atomic E-state index is 0.486. The molecule has 0 radical (unpaired) electrons. The molecule has 17 heavy (non-hydrogen) atoms. The van der Waals surface area contributed by atoms with Crippen LogP contribution in [0.2, 0.25) is 0 Å². The largest absolute Gasteiger partial charge is 0.473 e. The summed E-state index contributed by atoms with van der Waals surface area (Å²) in [7, 11) is 0. The van der Waals surface area contributed by atoms with Crippen molar-refractivity contribution in [3.63, 3.8) is 0 Å².